The van der Waals surface area contributed by atoms with Gasteiger partial charge in [0.2, 0.25) is 0 Å². The van der Waals surface area contributed by atoms with Crippen LogP contribution in [0.4, 0.5) is 4.79 Å². The molecule has 0 radical (unpaired) electrons. The molecule has 3 heteroatoms. The predicted molar refractivity (Wildman–Crippen MR) is 168 cm³/mol. The fourth-order valence-corrected chi connectivity index (χ4v) is 10.9. The van der Waals surface area contributed by atoms with E-state index < -0.39 is 0 Å². The number of rotatable bonds is 4. The van der Waals surface area contributed by atoms with Crippen LogP contribution in [0.5, 0.6) is 0 Å². The Kier molecular flexibility index (Phi) is 8.14. The lowest BCUT2D eigenvalue weighted by molar-refractivity contribution is -0.0448. The van der Waals surface area contributed by atoms with E-state index in [2.05, 4.69) is 46.4 Å². The predicted octanol–water partition coefficient (Wildman–Crippen LogP) is 10.1. The summed E-state index contributed by atoms with van der Waals surface area (Å²) in [6.07, 6.45) is 14.7. The van der Waals surface area contributed by atoms with Crippen molar-refractivity contribution in [3.63, 3.8) is 0 Å². The maximum absolute atomic E-state index is 13.5. The van der Waals surface area contributed by atoms with Crippen molar-refractivity contribution in [2.45, 2.75) is 125 Å². The van der Waals surface area contributed by atoms with Gasteiger partial charge in [-0.1, -0.05) is 82.5 Å². The third kappa shape index (κ3) is 5.42. The van der Waals surface area contributed by atoms with Gasteiger partial charge in [0.1, 0.15) is 6.61 Å². The monoisotopic (exact) mass is 559 g/mol. The van der Waals surface area contributed by atoms with Gasteiger partial charge in [-0.15, -0.1) is 0 Å². The van der Waals surface area contributed by atoms with E-state index >= 15 is 0 Å². The van der Waals surface area contributed by atoms with Gasteiger partial charge in [-0.3, -0.25) is 0 Å². The van der Waals surface area contributed by atoms with E-state index in [1.54, 1.807) is 5.57 Å². The zero-order valence-electron chi connectivity index (χ0n) is 27.0. The minimum absolute atomic E-state index is 0.115. The Balaban J connectivity index is 1.18. The van der Waals surface area contributed by atoms with Crippen LogP contribution in [-0.2, 0) is 11.3 Å². The molecule has 0 spiro atoms. The Labute approximate surface area is 250 Å². The van der Waals surface area contributed by atoms with Gasteiger partial charge < -0.3 is 9.64 Å². The number of ether oxygens (including phenoxy) is 1. The summed E-state index contributed by atoms with van der Waals surface area (Å²) in [7, 11) is 0. The van der Waals surface area contributed by atoms with Crippen LogP contribution in [0, 0.1) is 52.3 Å². The fourth-order valence-electron chi connectivity index (χ4n) is 10.9. The van der Waals surface area contributed by atoms with Gasteiger partial charge in [0.05, 0.1) is 0 Å². The summed E-state index contributed by atoms with van der Waals surface area (Å²) in [6, 6.07) is 10.4. The second kappa shape index (κ2) is 11.4. The molecule has 226 valence electrons. The number of allylic oxidation sites excluding steroid dienone is 2. The first-order valence-electron chi connectivity index (χ1n) is 17.2. The van der Waals surface area contributed by atoms with E-state index in [-0.39, 0.29) is 17.6 Å². The molecule has 41 heavy (non-hydrogen) atoms. The molecule has 1 aliphatic heterocycles. The molecule has 3 saturated carbocycles. The van der Waals surface area contributed by atoms with Crippen LogP contribution in [0.3, 0.4) is 0 Å². The summed E-state index contributed by atoms with van der Waals surface area (Å²) >= 11 is 0. The number of hydrogen-bond donors (Lipinski definition) is 0. The van der Waals surface area contributed by atoms with E-state index in [4.69, 9.17) is 4.74 Å². The molecule has 0 bridgehead atoms. The Morgan fingerprint density at radius 2 is 1.78 bits per heavy atom. The number of piperidine rings is 1. The van der Waals surface area contributed by atoms with Crippen molar-refractivity contribution in [2.75, 3.05) is 6.54 Å². The van der Waals surface area contributed by atoms with E-state index in [0.29, 0.717) is 23.9 Å². The standard InChI is InChI=1S/C38H57NO2/c1-25-16-19-38(6)30(20-25)13-14-32-31-17-18-37(5,22-27(3)33(31)21-34(32)38)28(4)35-15-12-26(2)23-39(35)36(40)41-24-29-10-8-7-9-11-29/h7-11,25-26,28,30-32,34-35H,12-24H2,1-6H3/t25-,26-,28+,30+,31-,32-,34-,35+,37+,38?/m0/s1. The van der Waals surface area contributed by atoms with Crippen LogP contribution in [-0.4, -0.2) is 23.6 Å². The first-order valence-corrected chi connectivity index (χ1v) is 17.2. The lowest BCUT2D eigenvalue weighted by atomic mass is 9.51. The molecule has 1 saturated heterocycles. The molecule has 5 aliphatic rings. The topological polar surface area (TPSA) is 29.5 Å². The largest absolute Gasteiger partial charge is 0.445 e. The maximum Gasteiger partial charge on any atom is 0.410 e. The van der Waals surface area contributed by atoms with Crippen molar-refractivity contribution in [3.05, 3.63) is 47.0 Å². The van der Waals surface area contributed by atoms with Gasteiger partial charge in [0.15, 0.2) is 0 Å². The van der Waals surface area contributed by atoms with E-state index in [9.17, 15) is 4.79 Å². The molecule has 0 aromatic heterocycles. The zero-order valence-corrected chi connectivity index (χ0v) is 27.0. The van der Waals surface area contributed by atoms with Crippen molar-refractivity contribution in [2.24, 2.45) is 52.3 Å². The van der Waals surface area contributed by atoms with Crippen LogP contribution in [0.15, 0.2) is 41.5 Å². The van der Waals surface area contributed by atoms with Gasteiger partial charge in [-0.25, -0.2) is 4.79 Å². The molecule has 4 fully saturated rings. The van der Waals surface area contributed by atoms with Crippen LogP contribution in [0.2, 0.25) is 0 Å². The van der Waals surface area contributed by atoms with Gasteiger partial charge in [-0.05, 0) is 129 Å². The number of hydrogen-bond acceptors (Lipinski definition) is 2. The highest BCUT2D eigenvalue weighted by atomic mass is 16.6. The average molecular weight is 560 g/mol. The second-order valence-corrected chi connectivity index (χ2v) is 16.1. The quantitative estimate of drug-likeness (QED) is 0.344. The number of likely N-dealkylation sites (tertiary alicyclic amines) is 1. The number of carbonyl (C=O) groups is 1. The Hall–Kier alpha value is -1.77. The van der Waals surface area contributed by atoms with E-state index in [1.807, 2.05) is 35.9 Å². The van der Waals surface area contributed by atoms with Crippen molar-refractivity contribution in [1.29, 1.82) is 0 Å². The molecule has 0 N–H and O–H groups in total. The normalized spacial score (nSPS) is 41.6. The van der Waals surface area contributed by atoms with Crippen LogP contribution in [0.1, 0.15) is 118 Å². The lowest BCUT2D eigenvalue weighted by Gasteiger charge is -2.54. The number of nitrogens with zero attached hydrogens (tertiary/aromatic N) is 1. The molecule has 1 unspecified atom stereocenters. The number of amides is 1. The smallest absolute Gasteiger partial charge is 0.410 e. The van der Waals surface area contributed by atoms with Crippen LogP contribution < -0.4 is 0 Å². The molecular weight excluding hydrogens is 502 g/mol. The summed E-state index contributed by atoms with van der Waals surface area (Å²) in [4.78, 5) is 15.7. The summed E-state index contributed by atoms with van der Waals surface area (Å²) < 4.78 is 5.92. The highest BCUT2D eigenvalue weighted by Crippen LogP contribution is 2.65. The number of benzene rings is 1. The first-order chi connectivity index (χ1) is 19.6. The number of fused-ring (bicyclic) bond motifs is 5. The molecule has 6 rings (SSSR count). The molecule has 4 aliphatic carbocycles. The second-order valence-electron chi connectivity index (χ2n) is 16.1. The molecule has 1 amide bonds. The minimum atomic E-state index is -0.115. The Morgan fingerprint density at radius 3 is 2.56 bits per heavy atom. The summed E-state index contributed by atoms with van der Waals surface area (Å²) in [6.45, 7) is 16.2. The Morgan fingerprint density at radius 1 is 1.00 bits per heavy atom. The molecular formula is C38H57NO2. The highest BCUT2D eigenvalue weighted by molar-refractivity contribution is 5.68. The number of carbonyl (C=O) groups excluding carboxylic acids is 1. The van der Waals surface area contributed by atoms with Gasteiger partial charge in [-0.2, -0.15) is 0 Å². The highest BCUT2D eigenvalue weighted by Gasteiger charge is 2.56. The van der Waals surface area contributed by atoms with Crippen LogP contribution >= 0.6 is 0 Å². The average Bonchev–Trinajstić information content (AvgIpc) is 3.29. The van der Waals surface area contributed by atoms with E-state index in [1.165, 1.54) is 64.2 Å². The fraction of sp³-hybridized carbons (Fsp3) is 0.763. The zero-order chi connectivity index (χ0) is 28.9. The lowest BCUT2D eigenvalue weighted by Crippen LogP contribution is -2.52. The molecule has 3 nitrogen and oxygen atoms in total. The SMILES string of the molecule is CC1=C2C[C@H]3[C@@H](CC[C@@H]4C[C@@H](C)CCC43C)[C@@H]2CC[C@@](C)([C@H](C)[C@H]2CC[C@H](C)CN2C(=O)OCc2ccccc2)C1. The third-order valence-electron chi connectivity index (χ3n) is 13.6. The van der Waals surface area contributed by atoms with Crippen molar-refractivity contribution in [3.8, 4) is 0 Å². The maximum atomic E-state index is 13.5. The molecule has 1 aromatic carbocycles. The van der Waals surface area contributed by atoms with Crippen molar-refractivity contribution >= 4 is 6.09 Å². The van der Waals surface area contributed by atoms with Crippen molar-refractivity contribution in [1.82, 2.24) is 4.90 Å². The minimum Gasteiger partial charge on any atom is -0.445 e. The first kappa shape index (κ1) is 29.3. The molecule has 1 heterocycles. The van der Waals surface area contributed by atoms with Crippen LogP contribution in [0.25, 0.3) is 0 Å². The Bertz CT molecular complexity index is 1130. The molecule has 10 atom stereocenters. The van der Waals surface area contributed by atoms with Gasteiger partial charge in [0, 0.05) is 12.6 Å². The van der Waals surface area contributed by atoms with Gasteiger partial charge in [0.25, 0.3) is 0 Å². The molecule has 1 aromatic rings. The summed E-state index contributed by atoms with van der Waals surface area (Å²) in [5, 5.41) is 0. The summed E-state index contributed by atoms with van der Waals surface area (Å²) in [5.74, 6) is 5.51. The summed E-state index contributed by atoms with van der Waals surface area (Å²) in [5.41, 5.74) is 5.44. The third-order valence-corrected chi connectivity index (χ3v) is 13.6. The van der Waals surface area contributed by atoms with E-state index in [0.717, 1.165) is 48.1 Å². The van der Waals surface area contributed by atoms with Crippen molar-refractivity contribution < 1.29 is 9.53 Å². The van der Waals surface area contributed by atoms with Gasteiger partial charge >= 0.3 is 6.09 Å².